The number of ether oxygens (including phenoxy) is 1. The summed E-state index contributed by atoms with van der Waals surface area (Å²) in [5.74, 6) is 0.0486. The first kappa shape index (κ1) is 17.0. The van der Waals surface area contributed by atoms with Crippen molar-refractivity contribution in [3.05, 3.63) is 48.7 Å². The minimum Gasteiger partial charge on any atom is -0.464 e. The summed E-state index contributed by atoms with van der Waals surface area (Å²) in [7, 11) is 1.67. The van der Waals surface area contributed by atoms with Gasteiger partial charge in [0.2, 0.25) is 5.89 Å². The van der Waals surface area contributed by atoms with Crippen LogP contribution in [0.4, 0.5) is 19.2 Å². The van der Waals surface area contributed by atoms with E-state index < -0.39 is 6.36 Å². The van der Waals surface area contributed by atoms with Gasteiger partial charge in [-0.15, -0.1) is 18.3 Å². The maximum absolute atomic E-state index is 12.3. The number of furan rings is 1. The number of aromatic nitrogens is 2. The molecule has 2 heterocycles. The summed E-state index contributed by atoms with van der Waals surface area (Å²) >= 11 is 0. The maximum atomic E-state index is 12.3. The number of fused-ring (bicyclic) bond motifs is 1. The Balaban J connectivity index is 1.70. The minimum atomic E-state index is -4.73. The molecular formula is C18H12F3N3O3. The van der Waals surface area contributed by atoms with Gasteiger partial charge in [0, 0.05) is 23.6 Å². The average molecular weight is 375 g/mol. The first-order chi connectivity index (χ1) is 12.9. The van der Waals surface area contributed by atoms with Crippen molar-refractivity contribution >= 4 is 17.0 Å². The Labute approximate surface area is 150 Å². The highest BCUT2D eigenvalue weighted by atomic mass is 19.4. The van der Waals surface area contributed by atoms with Gasteiger partial charge in [0.25, 0.3) is 0 Å². The highest BCUT2D eigenvalue weighted by Gasteiger charge is 2.31. The summed E-state index contributed by atoms with van der Waals surface area (Å²) in [6.07, 6.45) is -3.18. The SMILES string of the molecule is CNc1nnc(-c2ccc3occ(-c4ccc(OC(F)(F)F)cc4)c3c2)o1. The lowest BCUT2D eigenvalue weighted by molar-refractivity contribution is -0.274. The zero-order chi connectivity index (χ0) is 19.0. The number of hydrogen-bond donors (Lipinski definition) is 1. The van der Waals surface area contributed by atoms with Crippen molar-refractivity contribution in [3.63, 3.8) is 0 Å². The first-order valence-electron chi connectivity index (χ1n) is 7.82. The lowest BCUT2D eigenvalue weighted by Crippen LogP contribution is -2.16. The number of benzene rings is 2. The van der Waals surface area contributed by atoms with Gasteiger partial charge in [0.1, 0.15) is 11.3 Å². The van der Waals surface area contributed by atoms with Crippen LogP contribution in [0.5, 0.6) is 5.75 Å². The van der Waals surface area contributed by atoms with Gasteiger partial charge in [-0.2, -0.15) is 0 Å². The van der Waals surface area contributed by atoms with Crippen molar-refractivity contribution in [3.8, 4) is 28.3 Å². The number of alkyl halides is 3. The third-order valence-electron chi connectivity index (χ3n) is 3.86. The molecule has 0 amide bonds. The molecule has 0 bridgehead atoms. The van der Waals surface area contributed by atoms with Gasteiger partial charge in [0.05, 0.1) is 6.26 Å². The van der Waals surface area contributed by atoms with E-state index in [1.54, 1.807) is 25.4 Å². The largest absolute Gasteiger partial charge is 0.573 e. The quantitative estimate of drug-likeness (QED) is 0.536. The smallest absolute Gasteiger partial charge is 0.464 e. The molecule has 1 N–H and O–H groups in total. The molecule has 6 nitrogen and oxygen atoms in total. The summed E-state index contributed by atoms with van der Waals surface area (Å²) in [5.41, 5.74) is 2.72. The Morgan fingerprint density at radius 3 is 2.41 bits per heavy atom. The predicted octanol–water partition coefficient (Wildman–Crippen LogP) is 5.09. The van der Waals surface area contributed by atoms with Gasteiger partial charge in [-0.05, 0) is 35.9 Å². The molecule has 0 atom stereocenters. The monoisotopic (exact) mass is 375 g/mol. The fourth-order valence-electron chi connectivity index (χ4n) is 2.66. The standard InChI is InChI=1S/C18H12F3N3O3/c1-22-17-24-23-16(26-17)11-4-7-15-13(8-11)14(9-25-15)10-2-5-12(6-3-10)27-18(19,20)21/h2-9H,1H3,(H,22,24). The normalized spacial score (nSPS) is 11.7. The summed E-state index contributed by atoms with van der Waals surface area (Å²) < 4.78 is 51.8. The molecule has 138 valence electrons. The van der Waals surface area contributed by atoms with Crippen LogP contribution in [0, 0.1) is 0 Å². The Hall–Kier alpha value is -3.49. The van der Waals surface area contributed by atoms with E-state index in [0.29, 0.717) is 22.6 Å². The average Bonchev–Trinajstić information content (AvgIpc) is 3.27. The molecule has 0 unspecified atom stereocenters. The third-order valence-corrected chi connectivity index (χ3v) is 3.86. The fraction of sp³-hybridized carbons (Fsp3) is 0.111. The molecule has 27 heavy (non-hydrogen) atoms. The Morgan fingerprint density at radius 2 is 1.74 bits per heavy atom. The highest BCUT2D eigenvalue weighted by molar-refractivity contribution is 5.96. The predicted molar refractivity (Wildman–Crippen MR) is 91.2 cm³/mol. The number of nitrogens with one attached hydrogen (secondary N) is 1. The van der Waals surface area contributed by atoms with Gasteiger partial charge in [-0.25, -0.2) is 0 Å². The van der Waals surface area contributed by atoms with Crippen molar-refractivity contribution in [1.82, 2.24) is 10.2 Å². The number of nitrogens with zero attached hydrogens (tertiary/aromatic N) is 2. The van der Waals surface area contributed by atoms with Crippen molar-refractivity contribution in [1.29, 1.82) is 0 Å². The second-order valence-corrected chi connectivity index (χ2v) is 5.59. The molecular weight excluding hydrogens is 363 g/mol. The Kier molecular flexibility index (Phi) is 3.98. The van der Waals surface area contributed by atoms with E-state index in [1.165, 1.54) is 24.3 Å². The van der Waals surface area contributed by atoms with Crippen molar-refractivity contribution in [2.24, 2.45) is 0 Å². The molecule has 2 aromatic heterocycles. The molecule has 9 heteroatoms. The lowest BCUT2D eigenvalue weighted by Gasteiger charge is -2.09. The number of halogens is 3. The van der Waals surface area contributed by atoms with Gasteiger partial charge < -0.3 is 18.9 Å². The molecule has 0 aliphatic rings. The van der Waals surface area contributed by atoms with Crippen LogP contribution in [0.15, 0.2) is 57.6 Å². The van der Waals surface area contributed by atoms with Gasteiger partial charge in [-0.3, -0.25) is 0 Å². The van der Waals surface area contributed by atoms with E-state index in [2.05, 4.69) is 20.3 Å². The van der Waals surface area contributed by atoms with Crippen LogP contribution in [0.2, 0.25) is 0 Å². The molecule has 2 aromatic carbocycles. The molecule has 0 radical (unpaired) electrons. The summed E-state index contributed by atoms with van der Waals surface area (Å²) in [5, 5.41) is 11.3. The van der Waals surface area contributed by atoms with E-state index in [9.17, 15) is 13.2 Å². The van der Waals surface area contributed by atoms with E-state index in [4.69, 9.17) is 8.83 Å². The van der Waals surface area contributed by atoms with Crippen LogP contribution in [0.1, 0.15) is 0 Å². The first-order valence-corrected chi connectivity index (χ1v) is 7.82. The van der Waals surface area contributed by atoms with Crippen LogP contribution >= 0.6 is 0 Å². The zero-order valence-corrected chi connectivity index (χ0v) is 13.9. The molecule has 0 aliphatic carbocycles. The lowest BCUT2D eigenvalue weighted by atomic mass is 10.0. The molecule has 0 fully saturated rings. The molecule has 0 aliphatic heterocycles. The summed E-state index contributed by atoms with van der Waals surface area (Å²) in [6, 6.07) is 11.2. The Morgan fingerprint density at radius 1 is 1.00 bits per heavy atom. The van der Waals surface area contributed by atoms with Crippen molar-refractivity contribution in [2.75, 3.05) is 12.4 Å². The fourth-order valence-corrected chi connectivity index (χ4v) is 2.66. The van der Waals surface area contributed by atoms with Crippen LogP contribution in [0.25, 0.3) is 33.6 Å². The van der Waals surface area contributed by atoms with Gasteiger partial charge >= 0.3 is 12.4 Å². The van der Waals surface area contributed by atoms with E-state index in [1.807, 2.05) is 6.07 Å². The number of hydrogen-bond acceptors (Lipinski definition) is 6. The highest BCUT2D eigenvalue weighted by Crippen LogP contribution is 2.35. The van der Waals surface area contributed by atoms with Crippen LogP contribution in [0.3, 0.4) is 0 Å². The number of anilines is 1. The topological polar surface area (TPSA) is 73.3 Å². The number of rotatable bonds is 4. The van der Waals surface area contributed by atoms with E-state index in [0.717, 1.165) is 10.9 Å². The van der Waals surface area contributed by atoms with Crippen molar-refractivity contribution in [2.45, 2.75) is 6.36 Å². The second-order valence-electron chi connectivity index (χ2n) is 5.59. The molecule has 0 saturated heterocycles. The molecule has 0 spiro atoms. The van der Waals surface area contributed by atoms with Crippen molar-refractivity contribution < 1.29 is 26.7 Å². The maximum Gasteiger partial charge on any atom is 0.573 e. The molecule has 0 saturated carbocycles. The second kappa shape index (κ2) is 6.35. The minimum absolute atomic E-state index is 0.287. The summed E-state index contributed by atoms with van der Waals surface area (Å²) in [6.45, 7) is 0. The third kappa shape index (κ3) is 3.43. The van der Waals surface area contributed by atoms with Crippen LogP contribution < -0.4 is 10.1 Å². The van der Waals surface area contributed by atoms with E-state index in [-0.39, 0.29) is 11.8 Å². The van der Waals surface area contributed by atoms with Crippen LogP contribution in [-0.2, 0) is 0 Å². The summed E-state index contributed by atoms with van der Waals surface area (Å²) in [4.78, 5) is 0. The Bertz CT molecular complexity index is 1080. The molecule has 4 rings (SSSR count). The van der Waals surface area contributed by atoms with Crippen LogP contribution in [-0.4, -0.2) is 23.6 Å². The van der Waals surface area contributed by atoms with Gasteiger partial charge in [-0.1, -0.05) is 17.2 Å². The van der Waals surface area contributed by atoms with E-state index >= 15 is 0 Å². The van der Waals surface area contributed by atoms with Gasteiger partial charge in [0.15, 0.2) is 0 Å². The zero-order valence-electron chi connectivity index (χ0n) is 13.9. The molecule has 4 aromatic rings.